The topological polar surface area (TPSA) is 123 Å². The van der Waals surface area contributed by atoms with Crippen LogP contribution in [-0.4, -0.2) is 68.7 Å². The quantitative estimate of drug-likeness (QED) is 0.457. The molecule has 1 aliphatic carbocycles. The van der Waals surface area contributed by atoms with Gasteiger partial charge in [0, 0.05) is 12.5 Å². The molecule has 4 rings (SSSR count). The lowest BCUT2D eigenvalue weighted by Crippen LogP contribution is -2.47. The van der Waals surface area contributed by atoms with E-state index in [2.05, 4.69) is 34.9 Å². The number of alkyl carbamates (subject to hydrolysis) is 1. The molecule has 9 nitrogen and oxygen atoms in total. The predicted molar refractivity (Wildman–Crippen MR) is 122 cm³/mol. The van der Waals surface area contributed by atoms with Crippen molar-refractivity contribution in [2.75, 3.05) is 39.6 Å². The third-order valence-electron chi connectivity index (χ3n) is 6.07. The highest BCUT2D eigenvalue weighted by Gasteiger charge is 2.36. The molecular formula is C25H28N2O7. The van der Waals surface area contributed by atoms with Gasteiger partial charge in [-0.2, -0.15) is 0 Å². The molecule has 1 saturated heterocycles. The zero-order chi connectivity index (χ0) is 23.9. The SMILES string of the molecule is O=C(O)CCOCCNC(=O)C1COCC1NC(=O)OCC1c2ccccc2-c2ccccc21. The summed E-state index contributed by atoms with van der Waals surface area (Å²) in [4.78, 5) is 35.5. The first kappa shape index (κ1) is 23.7. The molecule has 180 valence electrons. The number of hydrogen-bond acceptors (Lipinski definition) is 6. The number of carboxylic acid groups (broad SMARTS) is 1. The second kappa shape index (κ2) is 11.1. The van der Waals surface area contributed by atoms with Gasteiger partial charge < -0.3 is 30.0 Å². The van der Waals surface area contributed by atoms with Crippen LogP contribution < -0.4 is 10.6 Å². The Bertz CT molecular complexity index is 996. The predicted octanol–water partition coefficient (Wildman–Crippen LogP) is 2.15. The van der Waals surface area contributed by atoms with Gasteiger partial charge in [0.15, 0.2) is 0 Å². The van der Waals surface area contributed by atoms with Crippen molar-refractivity contribution in [1.29, 1.82) is 0 Å². The molecule has 0 bridgehead atoms. The van der Waals surface area contributed by atoms with Crippen LogP contribution >= 0.6 is 0 Å². The van der Waals surface area contributed by atoms with Gasteiger partial charge in [-0.25, -0.2) is 4.79 Å². The standard InChI is InChI=1S/C25H28N2O7/c28-23(29)9-11-32-12-10-26-24(30)21-13-33-15-22(21)27-25(31)34-14-20-18-7-3-1-5-16(18)17-6-2-4-8-19(17)20/h1-8,20-22H,9-15H2,(H,26,30)(H,27,31)(H,28,29). The van der Waals surface area contributed by atoms with Crippen LogP contribution in [0.15, 0.2) is 48.5 Å². The Hall–Kier alpha value is -3.43. The van der Waals surface area contributed by atoms with Crippen molar-refractivity contribution in [3.05, 3.63) is 59.7 Å². The van der Waals surface area contributed by atoms with Crippen LogP contribution in [0.3, 0.4) is 0 Å². The second-order valence-corrected chi connectivity index (χ2v) is 8.27. The van der Waals surface area contributed by atoms with Crippen LogP contribution in [0.25, 0.3) is 11.1 Å². The minimum absolute atomic E-state index is 0.0433. The molecule has 0 radical (unpaired) electrons. The molecule has 1 aliphatic heterocycles. The van der Waals surface area contributed by atoms with Gasteiger partial charge >= 0.3 is 12.1 Å². The summed E-state index contributed by atoms with van der Waals surface area (Å²) in [6, 6.07) is 15.7. The number of benzene rings is 2. The number of fused-ring (bicyclic) bond motifs is 3. The van der Waals surface area contributed by atoms with Crippen molar-refractivity contribution in [3.63, 3.8) is 0 Å². The summed E-state index contributed by atoms with van der Waals surface area (Å²) < 4.78 is 16.1. The van der Waals surface area contributed by atoms with E-state index in [1.807, 2.05) is 24.3 Å². The molecule has 2 aliphatic rings. The summed E-state index contributed by atoms with van der Waals surface area (Å²) in [5.41, 5.74) is 4.56. The van der Waals surface area contributed by atoms with Crippen LogP contribution in [-0.2, 0) is 23.8 Å². The zero-order valence-corrected chi connectivity index (χ0v) is 18.7. The third-order valence-corrected chi connectivity index (χ3v) is 6.07. The van der Waals surface area contributed by atoms with E-state index < -0.39 is 24.0 Å². The van der Waals surface area contributed by atoms with E-state index in [9.17, 15) is 14.4 Å². The highest BCUT2D eigenvalue weighted by molar-refractivity contribution is 5.81. The summed E-state index contributed by atoms with van der Waals surface area (Å²) in [7, 11) is 0. The number of carbonyl (C=O) groups excluding carboxylic acids is 2. The van der Waals surface area contributed by atoms with Crippen molar-refractivity contribution in [1.82, 2.24) is 10.6 Å². The fourth-order valence-electron chi connectivity index (χ4n) is 4.39. The maximum absolute atomic E-state index is 12.5. The Labute approximate surface area is 197 Å². The first-order valence-corrected chi connectivity index (χ1v) is 11.3. The molecule has 9 heteroatoms. The minimum Gasteiger partial charge on any atom is -0.481 e. The van der Waals surface area contributed by atoms with Crippen molar-refractivity contribution in [2.24, 2.45) is 5.92 Å². The van der Waals surface area contributed by atoms with Gasteiger partial charge in [-0.1, -0.05) is 48.5 Å². The van der Waals surface area contributed by atoms with E-state index >= 15 is 0 Å². The summed E-state index contributed by atoms with van der Waals surface area (Å²) in [5, 5.41) is 14.1. The van der Waals surface area contributed by atoms with Gasteiger partial charge in [0.1, 0.15) is 6.61 Å². The molecule has 2 atom stereocenters. The number of aliphatic carboxylic acids is 1. The van der Waals surface area contributed by atoms with Crippen molar-refractivity contribution < 1.29 is 33.7 Å². The van der Waals surface area contributed by atoms with Crippen molar-refractivity contribution >= 4 is 18.0 Å². The number of ether oxygens (including phenoxy) is 3. The zero-order valence-electron chi connectivity index (χ0n) is 18.7. The lowest BCUT2D eigenvalue weighted by Gasteiger charge is -2.20. The molecule has 3 N–H and O–H groups in total. The smallest absolute Gasteiger partial charge is 0.407 e. The largest absolute Gasteiger partial charge is 0.481 e. The van der Waals surface area contributed by atoms with Crippen molar-refractivity contribution in [3.8, 4) is 11.1 Å². The number of hydrogen-bond donors (Lipinski definition) is 3. The number of carboxylic acids is 1. The molecule has 0 saturated carbocycles. The molecular weight excluding hydrogens is 440 g/mol. The van der Waals surface area contributed by atoms with Gasteiger partial charge in [0.25, 0.3) is 0 Å². The Kier molecular flexibility index (Phi) is 7.76. The van der Waals surface area contributed by atoms with Crippen LogP contribution in [0.1, 0.15) is 23.5 Å². The average molecular weight is 469 g/mol. The minimum atomic E-state index is -0.936. The molecule has 34 heavy (non-hydrogen) atoms. The average Bonchev–Trinajstić information content (AvgIpc) is 3.42. The van der Waals surface area contributed by atoms with Gasteiger partial charge in [-0.05, 0) is 22.3 Å². The second-order valence-electron chi connectivity index (χ2n) is 8.27. The van der Waals surface area contributed by atoms with E-state index in [4.69, 9.17) is 19.3 Å². The van der Waals surface area contributed by atoms with Gasteiger partial charge in [-0.3, -0.25) is 9.59 Å². The summed E-state index contributed by atoms with van der Waals surface area (Å²) in [5.74, 6) is -1.78. The van der Waals surface area contributed by atoms with Gasteiger partial charge in [0.2, 0.25) is 5.91 Å². The number of rotatable bonds is 10. The molecule has 1 fully saturated rings. The van der Waals surface area contributed by atoms with Crippen molar-refractivity contribution in [2.45, 2.75) is 18.4 Å². The highest BCUT2D eigenvalue weighted by atomic mass is 16.5. The van der Waals surface area contributed by atoms with Gasteiger partial charge in [-0.15, -0.1) is 0 Å². The third kappa shape index (κ3) is 5.55. The fourth-order valence-corrected chi connectivity index (χ4v) is 4.39. The van der Waals surface area contributed by atoms with E-state index in [1.165, 1.54) is 0 Å². The van der Waals surface area contributed by atoms with E-state index in [0.29, 0.717) is 0 Å². The maximum Gasteiger partial charge on any atom is 0.407 e. The number of nitrogens with one attached hydrogen (secondary N) is 2. The van der Waals surface area contributed by atoms with E-state index in [0.717, 1.165) is 22.3 Å². The summed E-state index contributed by atoms with van der Waals surface area (Å²) >= 11 is 0. The normalized spacial score (nSPS) is 18.7. The van der Waals surface area contributed by atoms with Crippen LogP contribution in [0.4, 0.5) is 4.79 Å². The number of carbonyl (C=O) groups is 3. The van der Waals surface area contributed by atoms with Crippen LogP contribution in [0.5, 0.6) is 0 Å². The fraction of sp³-hybridized carbons (Fsp3) is 0.400. The lowest BCUT2D eigenvalue weighted by molar-refractivity contribution is -0.138. The Morgan fingerprint density at radius 2 is 1.65 bits per heavy atom. The Morgan fingerprint density at radius 3 is 2.32 bits per heavy atom. The molecule has 1 heterocycles. The van der Waals surface area contributed by atoms with E-state index in [1.54, 1.807) is 0 Å². The van der Waals surface area contributed by atoms with E-state index in [-0.39, 0.29) is 57.8 Å². The summed E-state index contributed by atoms with van der Waals surface area (Å²) in [6.07, 6.45) is -0.677. The first-order chi connectivity index (χ1) is 16.5. The molecule has 2 amide bonds. The highest BCUT2D eigenvalue weighted by Crippen LogP contribution is 2.44. The molecule has 2 aromatic rings. The van der Waals surface area contributed by atoms with Crippen LogP contribution in [0, 0.1) is 5.92 Å². The molecule has 2 aromatic carbocycles. The molecule has 0 aromatic heterocycles. The number of amides is 2. The monoisotopic (exact) mass is 468 g/mol. The van der Waals surface area contributed by atoms with Gasteiger partial charge in [0.05, 0.1) is 44.8 Å². The maximum atomic E-state index is 12.5. The summed E-state index contributed by atoms with van der Waals surface area (Å²) in [6.45, 7) is 1.14. The van der Waals surface area contributed by atoms with Crippen LogP contribution in [0.2, 0.25) is 0 Å². The molecule has 0 spiro atoms. The first-order valence-electron chi connectivity index (χ1n) is 11.3. The Morgan fingerprint density at radius 1 is 0.971 bits per heavy atom. The Balaban J connectivity index is 1.25. The molecule has 2 unspecified atom stereocenters. The lowest BCUT2D eigenvalue weighted by atomic mass is 9.98.